The number of aryl methyl sites for hydroxylation is 1. The zero-order chi connectivity index (χ0) is 13.0. The molecule has 0 atom stereocenters. The number of nitrogens with one attached hydrogen (secondary N) is 1. The van der Waals surface area contributed by atoms with Crippen molar-refractivity contribution < 1.29 is 4.79 Å². The van der Waals surface area contributed by atoms with E-state index in [1.807, 2.05) is 6.92 Å². The quantitative estimate of drug-likeness (QED) is 0.757. The van der Waals surface area contributed by atoms with Gasteiger partial charge in [0.25, 0.3) is 5.91 Å². The highest BCUT2D eigenvalue weighted by Gasteiger charge is 2.11. The molecule has 2 heterocycles. The minimum Gasteiger partial charge on any atom is -0.329 e. The molecule has 8 nitrogen and oxygen atoms in total. The number of amides is 1. The Kier molecular flexibility index (Phi) is 3.68. The molecule has 0 aliphatic rings. The first-order valence-electron chi connectivity index (χ1n) is 5.68. The second-order valence-corrected chi connectivity index (χ2v) is 3.67. The number of nitrogens with zero attached hydrogens (tertiary/aromatic N) is 5. The standard InChI is InChI=1S/C10H15N7O/c1-2-16-5-3-9(14-16)12-10(18)8-7-17(6-4-11)15-13-8/h3,5,7H,2,4,6,11H2,1H3,(H,12,14,18). The molecule has 1 amide bonds. The predicted octanol–water partition coefficient (Wildman–Crippen LogP) is -0.294. The topological polar surface area (TPSA) is 104 Å². The van der Waals surface area contributed by atoms with Crippen molar-refractivity contribution in [3.63, 3.8) is 0 Å². The Morgan fingerprint density at radius 2 is 2.33 bits per heavy atom. The number of anilines is 1. The molecule has 0 spiro atoms. The molecule has 2 aromatic rings. The maximum Gasteiger partial charge on any atom is 0.279 e. The minimum atomic E-state index is -0.334. The Labute approximate surface area is 104 Å². The first kappa shape index (κ1) is 12.2. The van der Waals surface area contributed by atoms with Crippen molar-refractivity contribution in [3.8, 4) is 0 Å². The molecule has 0 bridgehead atoms. The summed E-state index contributed by atoms with van der Waals surface area (Å²) in [7, 11) is 0. The van der Waals surface area contributed by atoms with Crippen molar-refractivity contribution in [1.29, 1.82) is 0 Å². The van der Waals surface area contributed by atoms with Crippen LogP contribution in [0, 0.1) is 0 Å². The Morgan fingerprint density at radius 1 is 1.50 bits per heavy atom. The monoisotopic (exact) mass is 249 g/mol. The average Bonchev–Trinajstić information content (AvgIpc) is 2.98. The molecule has 8 heteroatoms. The molecule has 0 aliphatic carbocycles. The van der Waals surface area contributed by atoms with Crippen LogP contribution in [-0.4, -0.2) is 37.2 Å². The second kappa shape index (κ2) is 5.41. The highest BCUT2D eigenvalue weighted by Crippen LogP contribution is 2.04. The Bertz CT molecular complexity index is 530. The van der Waals surface area contributed by atoms with Gasteiger partial charge in [0.1, 0.15) is 0 Å². The summed E-state index contributed by atoms with van der Waals surface area (Å²) in [5, 5.41) is 14.4. The number of aromatic nitrogens is 5. The van der Waals surface area contributed by atoms with E-state index >= 15 is 0 Å². The zero-order valence-corrected chi connectivity index (χ0v) is 10.1. The molecule has 96 valence electrons. The zero-order valence-electron chi connectivity index (χ0n) is 10.1. The van der Waals surface area contributed by atoms with Gasteiger partial charge in [-0.2, -0.15) is 5.10 Å². The van der Waals surface area contributed by atoms with Crippen LogP contribution in [0.1, 0.15) is 17.4 Å². The lowest BCUT2D eigenvalue weighted by molar-refractivity contribution is 0.102. The van der Waals surface area contributed by atoms with Gasteiger partial charge < -0.3 is 11.1 Å². The van der Waals surface area contributed by atoms with E-state index in [-0.39, 0.29) is 11.6 Å². The lowest BCUT2D eigenvalue weighted by Gasteiger charge is -1.98. The molecule has 2 aromatic heterocycles. The van der Waals surface area contributed by atoms with Crippen LogP contribution in [0.15, 0.2) is 18.5 Å². The van der Waals surface area contributed by atoms with Crippen LogP contribution in [0.4, 0.5) is 5.82 Å². The number of hydrogen-bond acceptors (Lipinski definition) is 5. The van der Waals surface area contributed by atoms with Gasteiger partial charge in [-0.25, -0.2) is 0 Å². The molecule has 2 rings (SSSR count). The summed E-state index contributed by atoms with van der Waals surface area (Å²) in [6.07, 6.45) is 3.35. The van der Waals surface area contributed by atoms with Gasteiger partial charge in [-0.05, 0) is 6.92 Å². The highest BCUT2D eigenvalue weighted by molar-refractivity contribution is 6.01. The average molecular weight is 249 g/mol. The third kappa shape index (κ3) is 2.72. The van der Waals surface area contributed by atoms with Crippen molar-refractivity contribution in [2.24, 2.45) is 5.73 Å². The van der Waals surface area contributed by atoms with Crippen molar-refractivity contribution in [2.75, 3.05) is 11.9 Å². The van der Waals surface area contributed by atoms with Crippen molar-refractivity contribution in [3.05, 3.63) is 24.2 Å². The summed E-state index contributed by atoms with van der Waals surface area (Å²) in [6.45, 7) is 3.70. The van der Waals surface area contributed by atoms with E-state index in [1.54, 1.807) is 23.1 Å². The van der Waals surface area contributed by atoms with Crippen molar-refractivity contribution >= 4 is 11.7 Å². The smallest absolute Gasteiger partial charge is 0.279 e. The third-order valence-electron chi connectivity index (χ3n) is 2.34. The maximum atomic E-state index is 11.8. The van der Waals surface area contributed by atoms with Crippen LogP contribution in [0.5, 0.6) is 0 Å². The largest absolute Gasteiger partial charge is 0.329 e. The minimum absolute atomic E-state index is 0.245. The lowest BCUT2D eigenvalue weighted by atomic mass is 10.4. The SMILES string of the molecule is CCn1ccc(NC(=O)c2cn(CCN)nn2)n1. The van der Waals surface area contributed by atoms with Gasteiger partial charge >= 0.3 is 0 Å². The van der Waals surface area contributed by atoms with Crippen molar-refractivity contribution in [1.82, 2.24) is 24.8 Å². The van der Waals surface area contributed by atoms with Gasteiger partial charge in [-0.1, -0.05) is 5.21 Å². The molecule has 0 aromatic carbocycles. The Hall–Kier alpha value is -2.22. The number of carbonyl (C=O) groups is 1. The highest BCUT2D eigenvalue weighted by atomic mass is 16.2. The molecule has 3 N–H and O–H groups in total. The number of hydrogen-bond donors (Lipinski definition) is 2. The third-order valence-corrected chi connectivity index (χ3v) is 2.34. The molecule has 0 fully saturated rings. The molecule has 0 saturated heterocycles. The van der Waals surface area contributed by atoms with Crippen LogP contribution in [0.2, 0.25) is 0 Å². The summed E-state index contributed by atoms with van der Waals surface area (Å²) >= 11 is 0. The fourth-order valence-corrected chi connectivity index (χ4v) is 1.43. The Balaban J connectivity index is 2.02. The fraction of sp³-hybridized carbons (Fsp3) is 0.400. The van der Waals surface area contributed by atoms with Gasteiger partial charge in [0.15, 0.2) is 11.5 Å². The second-order valence-electron chi connectivity index (χ2n) is 3.67. The first-order chi connectivity index (χ1) is 8.72. The van der Waals surface area contributed by atoms with Crippen LogP contribution in [0.25, 0.3) is 0 Å². The van der Waals surface area contributed by atoms with Crippen molar-refractivity contribution in [2.45, 2.75) is 20.0 Å². The number of nitrogens with two attached hydrogens (primary N) is 1. The summed E-state index contributed by atoms with van der Waals surface area (Å²) in [4.78, 5) is 11.8. The molecule has 0 radical (unpaired) electrons. The molecule has 0 aliphatic heterocycles. The van der Waals surface area contributed by atoms with Crippen LogP contribution >= 0.6 is 0 Å². The number of rotatable bonds is 5. The van der Waals surface area contributed by atoms with Gasteiger partial charge in [-0.15, -0.1) is 5.10 Å². The van der Waals surface area contributed by atoms with Crippen LogP contribution in [0.3, 0.4) is 0 Å². The summed E-state index contributed by atoms with van der Waals surface area (Å²) in [5.74, 6) is 0.162. The normalized spacial score (nSPS) is 10.6. The summed E-state index contributed by atoms with van der Waals surface area (Å²) < 4.78 is 3.25. The first-order valence-corrected chi connectivity index (χ1v) is 5.68. The van der Waals surface area contributed by atoms with Crippen LogP contribution < -0.4 is 11.1 Å². The Morgan fingerprint density at radius 3 is 3.00 bits per heavy atom. The molecule has 0 unspecified atom stereocenters. The van der Waals surface area contributed by atoms with E-state index < -0.39 is 0 Å². The van der Waals surface area contributed by atoms with Gasteiger partial charge in [0.05, 0.1) is 12.7 Å². The summed E-state index contributed by atoms with van der Waals surface area (Å²) in [5.41, 5.74) is 5.63. The molecule has 18 heavy (non-hydrogen) atoms. The fourth-order valence-electron chi connectivity index (χ4n) is 1.43. The van der Waals surface area contributed by atoms with E-state index in [0.29, 0.717) is 18.9 Å². The maximum absolute atomic E-state index is 11.8. The van der Waals surface area contributed by atoms with Crippen LogP contribution in [-0.2, 0) is 13.1 Å². The van der Waals surface area contributed by atoms with Gasteiger partial charge in [0, 0.05) is 25.4 Å². The molecular weight excluding hydrogens is 234 g/mol. The molecule has 0 saturated carbocycles. The van der Waals surface area contributed by atoms with E-state index in [0.717, 1.165) is 6.54 Å². The van der Waals surface area contributed by atoms with Gasteiger partial charge in [0.2, 0.25) is 0 Å². The van der Waals surface area contributed by atoms with Gasteiger partial charge in [-0.3, -0.25) is 14.2 Å². The van der Waals surface area contributed by atoms with E-state index in [1.165, 1.54) is 4.68 Å². The molecular formula is C10H15N7O. The number of carbonyl (C=O) groups excluding carboxylic acids is 1. The predicted molar refractivity (Wildman–Crippen MR) is 64.9 cm³/mol. The lowest BCUT2D eigenvalue weighted by Crippen LogP contribution is -2.13. The van der Waals surface area contributed by atoms with E-state index in [2.05, 4.69) is 20.7 Å². The summed E-state index contributed by atoms with van der Waals surface area (Å²) in [6, 6.07) is 1.73. The van der Waals surface area contributed by atoms with E-state index in [4.69, 9.17) is 5.73 Å². The van der Waals surface area contributed by atoms with E-state index in [9.17, 15) is 4.79 Å².